The molecule has 0 aliphatic carbocycles. The highest BCUT2D eigenvalue weighted by Gasteiger charge is 2.22. The average molecular weight is 384 g/mol. The van der Waals surface area contributed by atoms with E-state index >= 15 is 0 Å². The Balaban J connectivity index is 2.63. The van der Waals surface area contributed by atoms with Crippen molar-refractivity contribution in [3.8, 4) is 0 Å². The molecule has 0 fully saturated rings. The van der Waals surface area contributed by atoms with Crippen LogP contribution in [0.1, 0.15) is 44.5 Å². The van der Waals surface area contributed by atoms with E-state index in [2.05, 4.69) is 19.2 Å². The van der Waals surface area contributed by atoms with E-state index in [1.165, 1.54) is 28.6 Å². The second-order valence-electron chi connectivity index (χ2n) is 6.22. The van der Waals surface area contributed by atoms with Gasteiger partial charge in [0.1, 0.15) is 0 Å². The van der Waals surface area contributed by atoms with Crippen LogP contribution in [0.15, 0.2) is 29.2 Å². The number of nitrogens with one attached hydrogen (secondary N) is 1. The molecular weight excluding hydrogens is 356 g/mol. The van der Waals surface area contributed by atoms with Crippen molar-refractivity contribution in [3.63, 3.8) is 0 Å². The first-order valence-electron chi connectivity index (χ1n) is 8.76. The predicted molar refractivity (Wildman–Crippen MR) is 99.3 cm³/mol. The standard InChI is InChI=1S/C18H28N2O5S/c1-5-20(6-2)26(23,24)16-9-7-15(8-10-16)18(22)25-13-17(21)19-12-11-14(3)4/h7-10,14H,5-6,11-13H2,1-4H3,(H,19,21). The molecule has 0 heterocycles. The molecule has 1 rings (SSSR count). The molecule has 1 aromatic carbocycles. The number of hydrogen-bond donors (Lipinski definition) is 1. The summed E-state index contributed by atoms with van der Waals surface area (Å²) in [6.07, 6.45) is 0.849. The lowest BCUT2D eigenvalue weighted by Crippen LogP contribution is -2.30. The minimum atomic E-state index is -3.57. The normalized spacial score (nSPS) is 11.6. The maximum Gasteiger partial charge on any atom is 0.338 e. The Morgan fingerprint density at radius 1 is 1.12 bits per heavy atom. The van der Waals surface area contributed by atoms with E-state index < -0.39 is 16.0 Å². The highest BCUT2D eigenvalue weighted by atomic mass is 32.2. The lowest BCUT2D eigenvalue weighted by Gasteiger charge is -2.18. The number of nitrogens with zero attached hydrogens (tertiary/aromatic N) is 1. The molecular formula is C18H28N2O5S. The van der Waals surface area contributed by atoms with E-state index in [0.717, 1.165) is 6.42 Å². The monoisotopic (exact) mass is 384 g/mol. The Kier molecular flexibility index (Phi) is 8.74. The van der Waals surface area contributed by atoms with Crippen molar-refractivity contribution in [2.24, 2.45) is 5.92 Å². The lowest BCUT2D eigenvalue weighted by atomic mass is 10.1. The van der Waals surface area contributed by atoms with E-state index in [0.29, 0.717) is 25.6 Å². The van der Waals surface area contributed by atoms with Gasteiger partial charge in [0.25, 0.3) is 5.91 Å². The van der Waals surface area contributed by atoms with Gasteiger partial charge in [-0.1, -0.05) is 27.7 Å². The van der Waals surface area contributed by atoms with Crippen molar-refractivity contribution in [3.05, 3.63) is 29.8 Å². The fourth-order valence-electron chi connectivity index (χ4n) is 2.24. The number of carbonyl (C=O) groups is 2. The van der Waals surface area contributed by atoms with Crippen LogP contribution in [0.3, 0.4) is 0 Å². The van der Waals surface area contributed by atoms with E-state index in [1.54, 1.807) is 13.8 Å². The number of sulfonamides is 1. The Morgan fingerprint density at radius 3 is 2.19 bits per heavy atom. The summed E-state index contributed by atoms with van der Waals surface area (Å²) < 4.78 is 31.1. The van der Waals surface area contributed by atoms with Gasteiger partial charge >= 0.3 is 5.97 Å². The van der Waals surface area contributed by atoms with Crippen LogP contribution in [-0.2, 0) is 19.6 Å². The molecule has 0 saturated carbocycles. The van der Waals surface area contributed by atoms with Gasteiger partial charge in [0.15, 0.2) is 6.61 Å². The van der Waals surface area contributed by atoms with E-state index in [1.807, 2.05) is 0 Å². The zero-order valence-corrected chi connectivity index (χ0v) is 16.6. The quantitative estimate of drug-likeness (QED) is 0.623. The molecule has 7 nitrogen and oxygen atoms in total. The van der Waals surface area contributed by atoms with Crippen LogP contribution in [-0.4, -0.2) is 50.8 Å². The summed E-state index contributed by atoms with van der Waals surface area (Å²) in [5.41, 5.74) is 0.193. The Morgan fingerprint density at radius 2 is 1.69 bits per heavy atom. The summed E-state index contributed by atoms with van der Waals surface area (Å²) >= 11 is 0. The Labute approximate surface area is 155 Å². The zero-order valence-electron chi connectivity index (χ0n) is 15.8. The first-order valence-corrected chi connectivity index (χ1v) is 10.2. The fourth-order valence-corrected chi connectivity index (χ4v) is 3.70. The number of esters is 1. The SMILES string of the molecule is CCN(CC)S(=O)(=O)c1ccc(C(=O)OCC(=O)NCCC(C)C)cc1. The zero-order chi connectivity index (χ0) is 19.7. The molecule has 1 aromatic rings. The average Bonchev–Trinajstić information content (AvgIpc) is 2.60. The van der Waals surface area contributed by atoms with Crippen LogP contribution >= 0.6 is 0 Å². The van der Waals surface area contributed by atoms with E-state index in [-0.39, 0.29) is 23.0 Å². The highest BCUT2D eigenvalue weighted by molar-refractivity contribution is 7.89. The maximum atomic E-state index is 12.4. The first kappa shape index (κ1) is 22.1. The lowest BCUT2D eigenvalue weighted by molar-refractivity contribution is -0.124. The van der Waals surface area contributed by atoms with Gasteiger partial charge in [-0.25, -0.2) is 13.2 Å². The number of benzene rings is 1. The highest BCUT2D eigenvalue weighted by Crippen LogP contribution is 2.16. The van der Waals surface area contributed by atoms with Gasteiger partial charge in [0, 0.05) is 19.6 Å². The second-order valence-corrected chi connectivity index (χ2v) is 8.16. The molecule has 0 radical (unpaired) electrons. The molecule has 146 valence electrons. The largest absolute Gasteiger partial charge is 0.452 e. The Bertz CT molecular complexity index is 695. The summed E-state index contributed by atoms with van der Waals surface area (Å²) in [7, 11) is -3.57. The number of ether oxygens (including phenoxy) is 1. The minimum Gasteiger partial charge on any atom is -0.452 e. The summed E-state index contributed by atoms with van der Waals surface area (Å²) in [5.74, 6) is -0.556. The van der Waals surface area contributed by atoms with E-state index in [4.69, 9.17) is 4.74 Å². The van der Waals surface area contributed by atoms with Crippen molar-refractivity contribution in [2.75, 3.05) is 26.2 Å². The topological polar surface area (TPSA) is 92.8 Å². The molecule has 0 saturated heterocycles. The molecule has 0 atom stereocenters. The third kappa shape index (κ3) is 6.42. The summed E-state index contributed by atoms with van der Waals surface area (Å²) in [6.45, 7) is 8.54. The molecule has 0 aliphatic heterocycles. The van der Waals surface area contributed by atoms with Crippen molar-refractivity contribution in [1.29, 1.82) is 0 Å². The van der Waals surface area contributed by atoms with Gasteiger partial charge in [-0.3, -0.25) is 4.79 Å². The van der Waals surface area contributed by atoms with Crippen LogP contribution < -0.4 is 5.32 Å². The molecule has 26 heavy (non-hydrogen) atoms. The van der Waals surface area contributed by atoms with Crippen molar-refractivity contribution in [1.82, 2.24) is 9.62 Å². The van der Waals surface area contributed by atoms with Crippen LogP contribution in [0.4, 0.5) is 0 Å². The molecule has 0 unspecified atom stereocenters. The van der Waals surface area contributed by atoms with Crippen LogP contribution in [0.2, 0.25) is 0 Å². The van der Waals surface area contributed by atoms with Gasteiger partial charge in [-0.05, 0) is 36.6 Å². The second kappa shape index (κ2) is 10.3. The molecule has 0 bridgehead atoms. The van der Waals surface area contributed by atoms with Gasteiger partial charge in [0.05, 0.1) is 10.5 Å². The maximum absolute atomic E-state index is 12.4. The fraction of sp³-hybridized carbons (Fsp3) is 0.556. The van der Waals surface area contributed by atoms with Crippen LogP contribution in [0.5, 0.6) is 0 Å². The van der Waals surface area contributed by atoms with Gasteiger partial charge in [0.2, 0.25) is 10.0 Å². The van der Waals surface area contributed by atoms with Crippen LogP contribution in [0, 0.1) is 5.92 Å². The molecule has 0 spiro atoms. The summed E-state index contributed by atoms with van der Waals surface area (Å²) in [5, 5.41) is 2.67. The number of hydrogen-bond acceptors (Lipinski definition) is 5. The van der Waals surface area contributed by atoms with Gasteiger partial charge in [-0.15, -0.1) is 0 Å². The van der Waals surface area contributed by atoms with Gasteiger partial charge in [-0.2, -0.15) is 4.31 Å². The van der Waals surface area contributed by atoms with Crippen molar-refractivity contribution in [2.45, 2.75) is 39.0 Å². The predicted octanol–water partition coefficient (Wildman–Crippen LogP) is 2.04. The smallest absolute Gasteiger partial charge is 0.338 e. The van der Waals surface area contributed by atoms with E-state index in [9.17, 15) is 18.0 Å². The summed E-state index contributed by atoms with van der Waals surface area (Å²) in [6, 6.07) is 5.50. The van der Waals surface area contributed by atoms with Gasteiger partial charge < -0.3 is 10.1 Å². The molecule has 0 aromatic heterocycles. The third-order valence-electron chi connectivity index (χ3n) is 3.81. The molecule has 1 amide bonds. The summed E-state index contributed by atoms with van der Waals surface area (Å²) in [4.78, 5) is 23.7. The third-order valence-corrected chi connectivity index (χ3v) is 5.88. The van der Waals surface area contributed by atoms with Crippen molar-refractivity contribution >= 4 is 21.9 Å². The van der Waals surface area contributed by atoms with Crippen molar-refractivity contribution < 1.29 is 22.7 Å². The molecule has 8 heteroatoms. The number of rotatable bonds is 10. The minimum absolute atomic E-state index is 0.115. The first-order chi connectivity index (χ1) is 12.2. The Hall–Kier alpha value is -1.93. The molecule has 0 aliphatic rings. The van der Waals surface area contributed by atoms with Crippen LogP contribution in [0.25, 0.3) is 0 Å². The molecule has 1 N–H and O–H groups in total. The number of amides is 1. The number of carbonyl (C=O) groups excluding carboxylic acids is 2.